The summed E-state index contributed by atoms with van der Waals surface area (Å²) >= 11 is 0. The molecular formula is C22H19N7O. The van der Waals surface area contributed by atoms with E-state index < -0.39 is 0 Å². The summed E-state index contributed by atoms with van der Waals surface area (Å²) in [4.78, 5) is 24.3. The Labute approximate surface area is 171 Å². The van der Waals surface area contributed by atoms with Gasteiger partial charge in [-0.1, -0.05) is 48.5 Å². The molecule has 0 fully saturated rings. The van der Waals surface area contributed by atoms with Crippen LogP contribution in [0.2, 0.25) is 0 Å². The number of fused-ring (bicyclic) bond motifs is 1. The zero-order valence-electron chi connectivity index (χ0n) is 16.1. The van der Waals surface area contributed by atoms with E-state index in [2.05, 4.69) is 42.1 Å². The Balaban J connectivity index is 1.41. The van der Waals surface area contributed by atoms with Gasteiger partial charge in [-0.3, -0.25) is 9.78 Å². The topological polar surface area (TPSA) is 93.4 Å². The van der Waals surface area contributed by atoms with Gasteiger partial charge < -0.3 is 9.88 Å². The molecule has 148 valence electrons. The Hall–Kier alpha value is -4.20. The van der Waals surface area contributed by atoms with Crippen LogP contribution >= 0.6 is 0 Å². The predicted octanol–water partition coefficient (Wildman–Crippen LogP) is 2.97. The fraction of sp³-hybridized carbons (Fsp3) is 0.0909. The number of para-hydroxylation sites is 1. The van der Waals surface area contributed by atoms with E-state index in [1.54, 1.807) is 10.9 Å². The van der Waals surface area contributed by atoms with Crippen LogP contribution < -0.4 is 10.9 Å². The summed E-state index contributed by atoms with van der Waals surface area (Å²) in [6.45, 7) is 1.15. The minimum absolute atomic E-state index is 0.239. The molecule has 0 unspecified atom stereocenters. The van der Waals surface area contributed by atoms with Gasteiger partial charge in [0.2, 0.25) is 5.95 Å². The summed E-state index contributed by atoms with van der Waals surface area (Å²) in [5, 5.41) is 7.95. The van der Waals surface area contributed by atoms with Gasteiger partial charge in [-0.25, -0.2) is 9.67 Å². The van der Waals surface area contributed by atoms with E-state index in [4.69, 9.17) is 0 Å². The molecule has 8 heteroatoms. The molecule has 5 rings (SSSR count). The fourth-order valence-corrected chi connectivity index (χ4v) is 3.35. The first-order chi connectivity index (χ1) is 14.8. The number of nitrogens with zero attached hydrogens (tertiary/aromatic N) is 5. The maximum atomic E-state index is 12.5. The summed E-state index contributed by atoms with van der Waals surface area (Å²) in [5.41, 5.74) is 2.30. The molecule has 2 N–H and O–H groups in total. The number of imidazole rings is 1. The number of benzene rings is 2. The minimum atomic E-state index is -0.239. The average molecular weight is 397 g/mol. The summed E-state index contributed by atoms with van der Waals surface area (Å²) in [7, 11) is 0. The van der Waals surface area contributed by atoms with Crippen molar-refractivity contribution >= 4 is 17.0 Å². The molecular weight excluding hydrogens is 378 g/mol. The third kappa shape index (κ3) is 3.46. The van der Waals surface area contributed by atoms with E-state index in [-0.39, 0.29) is 5.56 Å². The number of rotatable bonds is 6. The summed E-state index contributed by atoms with van der Waals surface area (Å²) < 4.78 is 3.72. The van der Waals surface area contributed by atoms with Crippen LogP contribution in [0.25, 0.3) is 16.7 Å². The second-order valence-corrected chi connectivity index (χ2v) is 6.85. The molecule has 0 bridgehead atoms. The molecule has 0 saturated heterocycles. The molecule has 0 aliphatic rings. The number of aromatic amines is 1. The van der Waals surface area contributed by atoms with Gasteiger partial charge in [0.1, 0.15) is 11.2 Å². The van der Waals surface area contributed by atoms with Gasteiger partial charge in [0, 0.05) is 18.9 Å². The molecule has 2 aromatic carbocycles. The maximum absolute atomic E-state index is 12.5. The Morgan fingerprint density at radius 3 is 2.57 bits per heavy atom. The van der Waals surface area contributed by atoms with Crippen LogP contribution in [0.15, 0.2) is 84.0 Å². The number of aromatic nitrogens is 6. The van der Waals surface area contributed by atoms with Gasteiger partial charge >= 0.3 is 0 Å². The third-order valence-corrected chi connectivity index (χ3v) is 4.85. The Kier molecular flexibility index (Phi) is 4.57. The third-order valence-electron chi connectivity index (χ3n) is 4.85. The molecule has 3 aromatic heterocycles. The highest BCUT2D eigenvalue weighted by molar-refractivity contribution is 5.76. The van der Waals surface area contributed by atoms with Crippen molar-refractivity contribution in [2.45, 2.75) is 13.1 Å². The second kappa shape index (κ2) is 7.67. The molecule has 0 spiro atoms. The van der Waals surface area contributed by atoms with E-state index in [1.807, 2.05) is 54.7 Å². The zero-order chi connectivity index (χ0) is 20.3. The lowest BCUT2D eigenvalue weighted by Crippen LogP contribution is -2.15. The quantitative estimate of drug-likeness (QED) is 0.459. The largest absolute Gasteiger partial charge is 0.348 e. The van der Waals surface area contributed by atoms with Gasteiger partial charge in [-0.15, -0.1) is 0 Å². The molecule has 8 nitrogen and oxygen atoms in total. The van der Waals surface area contributed by atoms with Crippen LogP contribution in [0, 0.1) is 0 Å². The van der Waals surface area contributed by atoms with Crippen molar-refractivity contribution < 1.29 is 0 Å². The maximum Gasteiger partial charge on any atom is 0.263 e. The van der Waals surface area contributed by atoms with Gasteiger partial charge in [0.15, 0.2) is 5.65 Å². The predicted molar refractivity (Wildman–Crippen MR) is 115 cm³/mol. The number of nitrogens with one attached hydrogen (secondary N) is 2. The Morgan fingerprint density at radius 1 is 1.00 bits per heavy atom. The van der Waals surface area contributed by atoms with Crippen LogP contribution in [-0.4, -0.2) is 29.3 Å². The average Bonchev–Trinajstić information content (AvgIpc) is 3.41. The van der Waals surface area contributed by atoms with Crippen molar-refractivity contribution in [1.82, 2.24) is 29.3 Å². The molecule has 3 heterocycles. The molecule has 0 saturated carbocycles. The summed E-state index contributed by atoms with van der Waals surface area (Å²) in [5.74, 6) is 1.22. The van der Waals surface area contributed by atoms with Crippen molar-refractivity contribution in [2.75, 3.05) is 5.32 Å². The van der Waals surface area contributed by atoms with Crippen molar-refractivity contribution in [3.63, 3.8) is 0 Å². The lowest BCUT2D eigenvalue weighted by molar-refractivity contribution is 0.733. The lowest BCUT2D eigenvalue weighted by Gasteiger charge is -2.10. The first-order valence-electron chi connectivity index (χ1n) is 9.59. The van der Waals surface area contributed by atoms with Gasteiger partial charge in [-0.05, 0) is 17.7 Å². The van der Waals surface area contributed by atoms with Crippen molar-refractivity contribution in [2.24, 2.45) is 0 Å². The molecule has 0 atom stereocenters. The summed E-state index contributed by atoms with van der Waals surface area (Å²) in [6, 6.07) is 19.8. The Bertz CT molecular complexity index is 1340. The molecule has 0 aliphatic heterocycles. The van der Waals surface area contributed by atoms with E-state index in [0.29, 0.717) is 23.5 Å². The number of hydrogen-bond acceptors (Lipinski definition) is 5. The van der Waals surface area contributed by atoms with E-state index >= 15 is 0 Å². The first kappa shape index (κ1) is 17.9. The van der Waals surface area contributed by atoms with Crippen LogP contribution in [0.4, 0.5) is 5.95 Å². The smallest absolute Gasteiger partial charge is 0.263 e. The van der Waals surface area contributed by atoms with E-state index in [0.717, 1.165) is 18.1 Å². The van der Waals surface area contributed by atoms with Gasteiger partial charge in [-0.2, -0.15) is 10.1 Å². The van der Waals surface area contributed by atoms with Gasteiger partial charge in [0.25, 0.3) is 5.56 Å². The standard InChI is InChI=1S/C22H19N7O/c30-21-18-13-25-29(17-9-5-2-6-10-17)20(18)26-22(27-21)24-14-19-23-11-12-28(19)15-16-7-3-1-4-8-16/h1-13H,14-15H2,(H2,24,26,27,30). The monoisotopic (exact) mass is 397 g/mol. The molecule has 30 heavy (non-hydrogen) atoms. The highest BCUT2D eigenvalue weighted by Gasteiger charge is 2.12. The SMILES string of the molecule is O=c1[nH]c(NCc2nccn2Cc2ccccc2)nc2c1cnn2-c1ccccc1. The number of hydrogen-bond donors (Lipinski definition) is 2. The molecule has 0 aliphatic carbocycles. The van der Waals surface area contributed by atoms with Crippen LogP contribution in [0.3, 0.4) is 0 Å². The Morgan fingerprint density at radius 2 is 1.77 bits per heavy atom. The zero-order valence-corrected chi connectivity index (χ0v) is 16.1. The highest BCUT2D eigenvalue weighted by Crippen LogP contribution is 2.15. The van der Waals surface area contributed by atoms with Gasteiger partial charge in [0.05, 0.1) is 18.4 Å². The van der Waals surface area contributed by atoms with E-state index in [1.165, 1.54) is 11.8 Å². The highest BCUT2D eigenvalue weighted by atomic mass is 16.1. The number of anilines is 1. The van der Waals surface area contributed by atoms with Crippen LogP contribution in [0.5, 0.6) is 0 Å². The van der Waals surface area contributed by atoms with Crippen molar-refractivity contribution in [1.29, 1.82) is 0 Å². The first-order valence-corrected chi connectivity index (χ1v) is 9.59. The molecule has 0 radical (unpaired) electrons. The molecule has 0 amide bonds. The van der Waals surface area contributed by atoms with Crippen LogP contribution in [0.1, 0.15) is 11.4 Å². The number of H-pyrrole nitrogens is 1. The van der Waals surface area contributed by atoms with E-state index in [9.17, 15) is 4.79 Å². The van der Waals surface area contributed by atoms with Crippen LogP contribution in [-0.2, 0) is 13.1 Å². The summed E-state index contributed by atoms with van der Waals surface area (Å²) in [6.07, 6.45) is 5.24. The normalized spacial score (nSPS) is 11.1. The van der Waals surface area contributed by atoms with Crippen molar-refractivity contribution in [3.05, 3.63) is 101 Å². The fourth-order valence-electron chi connectivity index (χ4n) is 3.35. The minimum Gasteiger partial charge on any atom is -0.348 e. The second-order valence-electron chi connectivity index (χ2n) is 6.85. The molecule has 5 aromatic rings. The lowest BCUT2D eigenvalue weighted by atomic mass is 10.2. The van der Waals surface area contributed by atoms with Crippen molar-refractivity contribution in [3.8, 4) is 5.69 Å².